The molecular formula is C72H70IrN-. The van der Waals surface area contributed by atoms with E-state index in [2.05, 4.69) is 204 Å². The first-order valence-corrected chi connectivity index (χ1v) is 28.1. The van der Waals surface area contributed by atoms with Crippen molar-refractivity contribution in [2.45, 2.75) is 135 Å². The van der Waals surface area contributed by atoms with Crippen LogP contribution in [0.5, 0.6) is 0 Å². The maximum Gasteiger partial charge on any atom is 0.0726 e. The second kappa shape index (κ2) is 21.2. The molecule has 1 unspecified atom stereocenters. The van der Waals surface area contributed by atoms with E-state index in [0.29, 0.717) is 0 Å². The number of benzene rings is 8. The number of nitrogens with zero attached hydrogens (tertiary/aromatic N) is 1. The van der Waals surface area contributed by atoms with Crippen molar-refractivity contribution in [1.82, 2.24) is 4.98 Å². The first-order valence-electron chi connectivity index (χ1n) is 28.1. The molecule has 9 aromatic rings. The van der Waals surface area contributed by atoms with E-state index >= 15 is 0 Å². The van der Waals surface area contributed by atoms with Crippen LogP contribution in [0, 0.1) is 6.07 Å². The van der Waals surface area contributed by atoms with E-state index in [9.17, 15) is 0 Å². The number of fused-ring (bicyclic) bond motifs is 12. The molecule has 0 aliphatic heterocycles. The summed E-state index contributed by atoms with van der Waals surface area (Å²) in [6, 6.07) is 69.7. The standard InChI is InChI=1S/C72H70N.Ir/c1-5-8-11-14-25-49-28-23-29-55(45-49)71(4)66-46-52(54-43-50(26-15-12-9-6-2)42-51(44-54)27-16-13-10-7-3)38-40-59(66)60-41-39-53(47-67(60)71)69-48-61-58-32-19-22-35-64(58)72(65-36-24-37-68(73-69)70(61)65)62-33-20-17-30-56(62)57-31-18-21-34-63(57)72;/h17-24,28-38,40-48H,5-16,25-27H2,1-4H3;/q-1;. The van der Waals surface area contributed by atoms with E-state index in [1.807, 2.05) is 0 Å². The third-order valence-electron chi connectivity index (χ3n) is 17.3. The first kappa shape index (κ1) is 50.0. The average molecular weight is 1140 g/mol. The van der Waals surface area contributed by atoms with Gasteiger partial charge in [-0.05, 0) is 141 Å². The Hall–Kier alpha value is -6.18. The predicted molar refractivity (Wildman–Crippen MR) is 309 cm³/mol. The van der Waals surface area contributed by atoms with Gasteiger partial charge in [0, 0.05) is 30.9 Å². The molecule has 3 aliphatic rings. The summed E-state index contributed by atoms with van der Waals surface area (Å²) in [5.74, 6) is 0. The van der Waals surface area contributed by atoms with Gasteiger partial charge in [-0.1, -0.05) is 241 Å². The molecule has 1 atom stereocenters. The molecule has 1 aromatic heterocycles. The van der Waals surface area contributed by atoms with Crippen LogP contribution in [0.15, 0.2) is 170 Å². The molecule has 0 fully saturated rings. The summed E-state index contributed by atoms with van der Waals surface area (Å²) in [6.45, 7) is 9.43. The van der Waals surface area contributed by atoms with E-state index < -0.39 is 10.8 Å². The molecule has 74 heavy (non-hydrogen) atoms. The molecule has 1 heterocycles. The maximum atomic E-state index is 5.65. The van der Waals surface area contributed by atoms with Crippen LogP contribution < -0.4 is 0 Å². The Morgan fingerprint density at radius 1 is 0.405 bits per heavy atom. The smallest absolute Gasteiger partial charge is 0.0726 e. The van der Waals surface area contributed by atoms with Crippen molar-refractivity contribution in [3.63, 3.8) is 0 Å². The van der Waals surface area contributed by atoms with Crippen LogP contribution in [0.4, 0.5) is 0 Å². The van der Waals surface area contributed by atoms with Crippen molar-refractivity contribution in [3.8, 4) is 55.8 Å². The number of pyridine rings is 1. The molecule has 0 saturated heterocycles. The molecule has 0 bridgehead atoms. The summed E-state index contributed by atoms with van der Waals surface area (Å²) >= 11 is 0. The average Bonchev–Trinajstić information content (AvgIpc) is 3.91. The number of aromatic nitrogens is 1. The number of aryl methyl sites for hydroxylation is 3. The molecule has 0 saturated carbocycles. The molecule has 1 nitrogen and oxygen atoms in total. The minimum atomic E-state index is -0.442. The van der Waals surface area contributed by atoms with Crippen LogP contribution in [0.3, 0.4) is 0 Å². The van der Waals surface area contributed by atoms with Crippen molar-refractivity contribution in [2.24, 2.45) is 0 Å². The normalized spacial score (nSPS) is 15.1. The number of rotatable bonds is 18. The minimum absolute atomic E-state index is 0. The molecule has 0 N–H and O–H groups in total. The van der Waals surface area contributed by atoms with Crippen LogP contribution in [-0.2, 0) is 50.2 Å². The van der Waals surface area contributed by atoms with Crippen LogP contribution in [0.1, 0.15) is 160 Å². The van der Waals surface area contributed by atoms with Gasteiger partial charge in [-0.15, -0.1) is 29.3 Å². The van der Waals surface area contributed by atoms with Crippen molar-refractivity contribution in [1.29, 1.82) is 0 Å². The van der Waals surface area contributed by atoms with Crippen molar-refractivity contribution in [2.75, 3.05) is 0 Å². The Kier molecular flexibility index (Phi) is 14.3. The van der Waals surface area contributed by atoms with E-state index in [1.54, 1.807) is 0 Å². The van der Waals surface area contributed by atoms with E-state index in [1.165, 1.54) is 183 Å². The van der Waals surface area contributed by atoms with Gasteiger partial charge in [0.2, 0.25) is 0 Å². The summed E-state index contributed by atoms with van der Waals surface area (Å²) in [5.41, 5.74) is 26.4. The minimum Gasteiger partial charge on any atom is -0.296 e. The molecule has 373 valence electrons. The summed E-state index contributed by atoms with van der Waals surface area (Å²) in [7, 11) is 0. The molecule has 2 heteroatoms. The molecule has 12 rings (SSSR count). The van der Waals surface area contributed by atoms with Gasteiger partial charge in [-0.3, -0.25) is 4.98 Å². The molecule has 1 radical (unpaired) electrons. The summed E-state index contributed by atoms with van der Waals surface area (Å²) in [5, 5.41) is 1.24. The Bertz CT molecular complexity index is 3450. The largest absolute Gasteiger partial charge is 0.296 e. The third kappa shape index (κ3) is 8.46. The van der Waals surface area contributed by atoms with Crippen molar-refractivity contribution < 1.29 is 20.1 Å². The fourth-order valence-corrected chi connectivity index (χ4v) is 13.6. The summed E-state index contributed by atoms with van der Waals surface area (Å²) in [4.78, 5) is 5.65. The number of hydrogen-bond donors (Lipinski definition) is 0. The Morgan fingerprint density at radius 3 is 1.57 bits per heavy atom. The zero-order valence-electron chi connectivity index (χ0n) is 44.1. The summed E-state index contributed by atoms with van der Waals surface area (Å²) in [6.07, 6.45) is 18.7. The molecule has 1 spiro atoms. The molecule has 8 aromatic carbocycles. The van der Waals surface area contributed by atoms with Gasteiger partial charge in [0.1, 0.15) is 0 Å². The Labute approximate surface area is 455 Å². The van der Waals surface area contributed by atoms with Crippen molar-refractivity contribution >= 4 is 10.9 Å². The van der Waals surface area contributed by atoms with Gasteiger partial charge in [0.05, 0.1) is 10.9 Å². The zero-order valence-corrected chi connectivity index (χ0v) is 46.4. The predicted octanol–water partition coefficient (Wildman–Crippen LogP) is 19.4. The van der Waals surface area contributed by atoms with E-state index in [-0.39, 0.29) is 20.1 Å². The topological polar surface area (TPSA) is 12.9 Å². The fourth-order valence-electron chi connectivity index (χ4n) is 13.6. The Balaban J connectivity index is 0.00000588. The van der Waals surface area contributed by atoms with Gasteiger partial charge in [-0.2, -0.15) is 0 Å². The van der Waals surface area contributed by atoms with Crippen LogP contribution >= 0.6 is 0 Å². The SMILES string of the molecule is CCCCCCc1cc(CCCCCC)cc(-c2ccc3c(c2)C(C)(c2cccc(CCCCCC)c2)c2cc(-c4cc5c6c(cccc6n4)C4(c6ccccc6-c6ccccc64)c4ccccc4-5)[c-]cc2-3)c1.[Ir]. The zero-order chi connectivity index (χ0) is 49.5. The third-order valence-corrected chi connectivity index (χ3v) is 17.3. The van der Waals surface area contributed by atoms with Gasteiger partial charge in [0.15, 0.2) is 0 Å². The second-order valence-electron chi connectivity index (χ2n) is 21.9. The molecular weight excluding hydrogens is 1070 g/mol. The van der Waals surface area contributed by atoms with Gasteiger partial charge >= 0.3 is 0 Å². The Morgan fingerprint density at radius 2 is 0.946 bits per heavy atom. The second-order valence-corrected chi connectivity index (χ2v) is 21.9. The van der Waals surface area contributed by atoms with Crippen LogP contribution in [0.2, 0.25) is 0 Å². The number of hydrogen-bond acceptors (Lipinski definition) is 1. The summed E-state index contributed by atoms with van der Waals surface area (Å²) < 4.78 is 0. The quantitative estimate of drug-likeness (QED) is 0.0616. The van der Waals surface area contributed by atoms with Gasteiger partial charge in [-0.25, -0.2) is 0 Å². The molecule has 0 amide bonds. The van der Waals surface area contributed by atoms with E-state index in [4.69, 9.17) is 4.98 Å². The fraction of sp³-hybridized carbons (Fsp3) is 0.292. The van der Waals surface area contributed by atoms with Gasteiger partial charge in [0.25, 0.3) is 0 Å². The number of unbranched alkanes of at least 4 members (excludes halogenated alkanes) is 9. The van der Waals surface area contributed by atoms with Crippen LogP contribution in [0.25, 0.3) is 66.7 Å². The maximum absolute atomic E-state index is 5.65. The van der Waals surface area contributed by atoms with E-state index in [0.717, 1.165) is 36.0 Å². The molecule has 3 aliphatic carbocycles. The van der Waals surface area contributed by atoms with Crippen LogP contribution in [-0.4, -0.2) is 4.98 Å². The van der Waals surface area contributed by atoms with Gasteiger partial charge < -0.3 is 0 Å². The first-order chi connectivity index (χ1) is 35.9. The monoisotopic (exact) mass is 1140 g/mol. The van der Waals surface area contributed by atoms with Crippen molar-refractivity contribution in [3.05, 3.63) is 232 Å².